The fourth-order valence-electron chi connectivity index (χ4n) is 2.74. The minimum absolute atomic E-state index is 0.161. The summed E-state index contributed by atoms with van der Waals surface area (Å²) in [5.74, 6) is 0.867. The molecule has 156 valence electrons. The first-order valence-corrected chi connectivity index (χ1v) is 11.2. The molecule has 3 heterocycles. The predicted octanol–water partition coefficient (Wildman–Crippen LogP) is 5.24. The predicted molar refractivity (Wildman–Crippen MR) is 122 cm³/mol. The Labute approximate surface area is 186 Å². The second-order valence-electron chi connectivity index (χ2n) is 6.54. The summed E-state index contributed by atoms with van der Waals surface area (Å²) in [6.07, 6.45) is 1.65. The van der Waals surface area contributed by atoms with E-state index in [2.05, 4.69) is 20.8 Å². The summed E-state index contributed by atoms with van der Waals surface area (Å²) in [5.41, 5.74) is 2.53. The van der Waals surface area contributed by atoms with E-state index in [-0.39, 0.29) is 11.8 Å². The average molecular weight is 451 g/mol. The van der Waals surface area contributed by atoms with Gasteiger partial charge in [0, 0.05) is 29.4 Å². The molecule has 0 atom stereocenters. The van der Waals surface area contributed by atoms with Gasteiger partial charge in [-0.15, -0.1) is 11.3 Å². The van der Waals surface area contributed by atoms with Gasteiger partial charge in [-0.05, 0) is 54.8 Å². The van der Waals surface area contributed by atoms with E-state index >= 15 is 0 Å². The van der Waals surface area contributed by atoms with Gasteiger partial charge in [-0.1, -0.05) is 23.0 Å². The lowest BCUT2D eigenvalue weighted by atomic mass is 10.2. The normalized spacial score (nSPS) is 10.6. The molecule has 0 radical (unpaired) electrons. The highest BCUT2D eigenvalue weighted by atomic mass is 32.2. The first-order valence-electron chi connectivity index (χ1n) is 9.35. The number of thiophene rings is 1. The minimum atomic E-state index is -0.262. The third kappa shape index (κ3) is 5.39. The van der Waals surface area contributed by atoms with Gasteiger partial charge < -0.3 is 15.2 Å². The minimum Gasteiger partial charge on any atom is -0.361 e. The molecule has 7 nitrogen and oxygen atoms in total. The maximum Gasteiger partial charge on any atom is 0.265 e. The van der Waals surface area contributed by atoms with Crippen LogP contribution < -0.4 is 10.6 Å². The zero-order valence-corrected chi connectivity index (χ0v) is 18.1. The smallest absolute Gasteiger partial charge is 0.265 e. The number of aromatic nitrogens is 2. The highest BCUT2D eigenvalue weighted by Gasteiger charge is 2.14. The Morgan fingerprint density at radius 2 is 1.77 bits per heavy atom. The van der Waals surface area contributed by atoms with Crippen molar-refractivity contribution in [2.75, 3.05) is 10.6 Å². The molecule has 3 aromatic heterocycles. The van der Waals surface area contributed by atoms with Gasteiger partial charge in [0.1, 0.15) is 10.8 Å². The number of amides is 2. The Morgan fingerprint density at radius 1 is 1.03 bits per heavy atom. The standard InChI is InChI=1S/C22H18N4O3S2/c1-14-12-17(26-29-14)13-31-22-18(4-2-10-23-22)20(27)24-15-6-8-16(9-7-15)25-21(28)19-5-3-11-30-19/h2-12H,13H2,1H3,(H,24,27)(H,25,28). The van der Waals surface area contributed by atoms with Crippen LogP contribution in [0.5, 0.6) is 0 Å². The van der Waals surface area contributed by atoms with E-state index in [0.717, 1.165) is 11.5 Å². The van der Waals surface area contributed by atoms with Crippen molar-refractivity contribution in [1.82, 2.24) is 10.1 Å². The number of hydrogen-bond acceptors (Lipinski definition) is 7. The van der Waals surface area contributed by atoms with Crippen LogP contribution in [0.3, 0.4) is 0 Å². The van der Waals surface area contributed by atoms with Crippen molar-refractivity contribution < 1.29 is 14.1 Å². The van der Waals surface area contributed by atoms with Crippen molar-refractivity contribution in [2.24, 2.45) is 0 Å². The first-order chi connectivity index (χ1) is 15.1. The van der Waals surface area contributed by atoms with Crippen LogP contribution in [0.15, 0.2) is 75.7 Å². The average Bonchev–Trinajstić information content (AvgIpc) is 3.46. The number of carbonyl (C=O) groups is 2. The SMILES string of the molecule is Cc1cc(CSc2ncccc2C(=O)Nc2ccc(NC(=O)c3cccs3)cc2)no1. The van der Waals surface area contributed by atoms with Crippen LogP contribution in [0.2, 0.25) is 0 Å². The van der Waals surface area contributed by atoms with Crippen LogP contribution in [0.4, 0.5) is 11.4 Å². The molecule has 0 aliphatic heterocycles. The molecule has 0 aliphatic carbocycles. The number of thioether (sulfide) groups is 1. The quantitative estimate of drug-likeness (QED) is 0.374. The maximum absolute atomic E-state index is 12.8. The molecule has 0 aliphatic rings. The van der Waals surface area contributed by atoms with E-state index < -0.39 is 0 Å². The van der Waals surface area contributed by atoms with E-state index in [1.807, 2.05) is 24.4 Å². The Morgan fingerprint density at radius 3 is 2.42 bits per heavy atom. The fourth-order valence-corrected chi connectivity index (χ4v) is 4.23. The van der Waals surface area contributed by atoms with Crippen LogP contribution in [0.25, 0.3) is 0 Å². The van der Waals surface area contributed by atoms with Crippen molar-refractivity contribution in [1.29, 1.82) is 0 Å². The van der Waals surface area contributed by atoms with Crippen molar-refractivity contribution in [3.8, 4) is 0 Å². The van der Waals surface area contributed by atoms with Gasteiger partial charge in [-0.25, -0.2) is 4.98 Å². The van der Waals surface area contributed by atoms with Gasteiger partial charge in [0.05, 0.1) is 16.1 Å². The molecule has 2 N–H and O–H groups in total. The molecule has 31 heavy (non-hydrogen) atoms. The van der Waals surface area contributed by atoms with Gasteiger partial charge >= 0.3 is 0 Å². The van der Waals surface area contributed by atoms with E-state index in [4.69, 9.17) is 4.52 Å². The van der Waals surface area contributed by atoms with Crippen molar-refractivity contribution in [2.45, 2.75) is 17.7 Å². The molecule has 0 saturated heterocycles. The lowest BCUT2D eigenvalue weighted by molar-refractivity contribution is 0.101. The zero-order chi connectivity index (χ0) is 21.6. The monoisotopic (exact) mass is 450 g/mol. The van der Waals surface area contributed by atoms with Gasteiger partial charge in [-0.2, -0.15) is 0 Å². The molecule has 0 unspecified atom stereocenters. The molecule has 4 rings (SSSR count). The molecule has 0 spiro atoms. The summed E-state index contributed by atoms with van der Waals surface area (Å²) in [6.45, 7) is 1.83. The molecule has 4 aromatic rings. The van der Waals surface area contributed by atoms with Gasteiger partial charge in [-0.3, -0.25) is 9.59 Å². The summed E-state index contributed by atoms with van der Waals surface area (Å²) < 4.78 is 5.08. The van der Waals surface area contributed by atoms with E-state index in [1.165, 1.54) is 23.1 Å². The van der Waals surface area contributed by atoms with Crippen molar-refractivity contribution in [3.05, 3.63) is 88.1 Å². The number of rotatable bonds is 7. The maximum atomic E-state index is 12.8. The molecule has 0 saturated carbocycles. The number of aryl methyl sites for hydroxylation is 1. The number of carbonyl (C=O) groups excluding carboxylic acids is 2. The van der Waals surface area contributed by atoms with Crippen LogP contribution in [-0.2, 0) is 5.75 Å². The first kappa shape index (κ1) is 20.8. The largest absolute Gasteiger partial charge is 0.361 e. The Balaban J connectivity index is 1.39. The molecular formula is C22H18N4O3S2. The third-order valence-electron chi connectivity index (χ3n) is 4.19. The fraction of sp³-hybridized carbons (Fsp3) is 0.0909. The summed E-state index contributed by atoms with van der Waals surface area (Å²) in [4.78, 5) is 29.9. The lowest BCUT2D eigenvalue weighted by Crippen LogP contribution is -2.14. The number of hydrogen-bond donors (Lipinski definition) is 2. The lowest BCUT2D eigenvalue weighted by Gasteiger charge is -2.10. The summed E-state index contributed by atoms with van der Waals surface area (Å²) >= 11 is 2.80. The van der Waals surface area contributed by atoms with Crippen molar-refractivity contribution in [3.63, 3.8) is 0 Å². The Hall–Kier alpha value is -3.43. The molecule has 0 fully saturated rings. The van der Waals surface area contributed by atoms with E-state index in [1.54, 1.807) is 48.7 Å². The van der Waals surface area contributed by atoms with Crippen LogP contribution in [0.1, 0.15) is 31.5 Å². The highest BCUT2D eigenvalue weighted by Crippen LogP contribution is 2.25. The topological polar surface area (TPSA) is 97.1 Å². The van der Waals surface area contributed by atoms with E-state index in [9.17, 15) is 9.59 Å². The molecular weight excluding hydrogens is 432 g/mol. The van der Waals surface area contributed by atoms with Gasteiger partial charge in [0.15, 0.2) is 0 Å². The zero-order valence-electron chi connectivity index (χ0n) is 16.5. The van der Waals surface area contributed by atoms with Crippen LogP contribution in [0, 0.1) is 6.92 Å². The summed E-state index contributed by atoms with van der Waals surface area (Å²) in [6, 6.07) is 15.9. The molecule has 9 heteroatoms. The third-order valence-corrected chi connectivity index (χ3v) is 6.10. The second kappa shape index (κ2) is 9.59. The number of nitrogens with one attached hydrogen (secondary N) is 2. The van der Waals surface area contributed by atoms with E-state index in [0.29, 0.717) is 32.6 Å². The number of benzene rings is 1. The molecule has 0 bridgehead atoms. The summed E-state index contributed by atoms with van der Waals surface area (Å²) in [5, 5.41) is 12.1. The van der Waals surface area contributed by atoms with Gasteiger partial charge in [0.2, 0.25) is 0 Å². The van der Waals surface area contributed by atoms with Crippen LogP contribution in [-0.4, -0.2) is 22.0 Å². The van der Waals surface area contributed by atoms with Crippen LogP contribution >= 0.6 is 23.1 Å². The van der Waals surface area contributed by atoms with Gasteiger partial charge in [0.25, 0.3) is 11.8 Å². The summed E-state index contributed by atoms with van der Waals surface area (Å²) in [7, 11) is 0. The number of nitrogens with zero attached hydrogens (tertiary/aromatic N) is 2. The number of anilines is 2. The Kier molecular flexibility index (Phi) is 6.44. The second-order valence-corrected chi connectivity index (χ2v) is 8.45. The highest BCUT2D eigenvalue weighted by molar-refractivity contribution is 7.98. The molecule has 2 amide bonds. The number of pyridine rings is 1. The molecule has 1 aromatic carbocycles. The Bertz CT molecular complexity index is 1190. The van der Waals surface area contributed by atoms with Crippen molar-refractivity contribution >= 4 is 46.3 Å².